The lowest BCUT2D eigenvalue weighted by Crippen LogP contribution is -2.33. The average Bonchev–Trinajstić information content (AvgIpc) is 2.49. The molecule has 2 rings (SSSR count). The first-order valence-electron chi connectivity index (χ1n) is 7.34. The van der Waals surface area contributed by atoms with Crippen LogP contribution in [-0.2, 0) is 4.79 Å². The molecule has 0 aliphatic rings. The van der Waals surface area contributed by atoms with Crippen molar-refractivity contribution in [3.8, 4) is 0 Å². The fourth-order valence-electron chi connectivity index (χ4n) is 2.23. The number of amides is 1. The Hall–Kier alpha value is -2.29. The van der Waals surface area contributed by atoms with Crippen molar-refractivity contribution in [2.24, 2.45) is 0 Å². The fourth-order valence-corrected chi connectivity index (χ4v) is 2.23. The highest BCUT2D eigenvalue weighted by Crippen LogP contribution is 2.24. The zero-order valence-corrected chi connectivity index (χ0v) is 12.6. The normalized spacial score (nSPS) is 10.4. The molecule has 2 aromatic rings. The third-order valence-corrected chi connectivity index (χ3v) is 3.15. The minimum Gasteiger partial charge on any atom is -0.354 e. The Kier molecular flexibility index (Phi) is 5.38. The smallest absolute Gasteiger partial charge is 0.221 e. The van der Waals surface area contributed by atoms with Gasteiger partial charge in [-0.2, -0.15) is 0 Å². The van der Waals surface area contributed by atoms with Crippen LogP contribution in [0.5, 0.6) is 0 Å². The Bertz CT molecular complexity index is 512. The molecule has 21 heavy (non-hydrogen) atoms. The minimum absolute atomic E-state index is 0.0851. The number of carbonyl (C=O) groups is 1. The second-order valence-corrected chi connectivity index (χ2v) is 5.29. The van der Waals surface area contributed by atoms with Crippen LogP contribution in [0.3, 0.4) is 0 Å². The molecule has 0 atom stereocenters. The summed E-state index contributed by atoms with van der Waals surface area (Å²) in [6, 6.07) is 20.5. The molecule has 0 radical (unpaired) electrons. The molecule has 1 N–H and O–H groups in total. The summed E-state index contributed by atoms with van der Waals surface area (Å²) in [7, 11) is 0. The molecule has 2 aromatic carbocycles. The number of anilines is 2. The van der Waals surface area contributed by atoms with Crippen LogP contribution in [0, 0.1) is 0 Å². The minimum atomic E-state index is 0.0851. The second kappa shape index (κ2) is 7.48. The van der Waals surface area contributed by atoms with Crippen LogP contribution >= 0.6 is 0 Å². The molecule has 0 fully saturated rings. The van der Waals surface area contributed by atoms with Gasteiger partial charge in [-0.25, -0.2) is 0 Å². The molecule has 0 bridgehead atoms. The van der Waals surface area contributed by atoms with Crippen LogP contribution < -0.4 is 10.2 Å². The van der Waals surface area contributed by atoms with Gasteiger partial charge in [0.25, 0.3) is 0 Å². The predicted octanol–water partition coefficient (Wildman–Crippen LogP) is 3.74. The summed E-state index contributed by atoms with van der Waals surface area (Å²) < 4.78 is 0. The lowest BCUT2D eigenvalue weighted by molar-refractivity contribution is -0.121. The van der Waals surface area contributed by atoms with E-state index in [-0.39, 0.29) is 11.9 Å². The van der Waals surface area contributed by atoms with Gasteiger partial charge in [0.15, 0.2) is 0 Å². The standard InChI is InChI=1S/C18H22N2O/c1-15(2)19-18(21)13-14-20(16-9-5-3-6-10-16)17-11-7-4-8-12-17/h3-12,15H,13-14H2,1-2H3,(H,19,21). The number of rotatable bonds is 6. The van der Waals surface area contributed by atoms with Crippen LogP contribution in [0.15, 0.2) is 60.7 Å². The van der Waals surface area contributed by atoms with E-state index in [1.54, 1.807) is 0 Å². The van der Waals surface area contributed by atoms with Gasteiger partial charge in [-0.3, -0.25) is 4.79 Å². The van der Waals surface area contributed by atoms with Crippen LogP contribution in [-0.4, -0.2) is 18.5 Å². The molecule has 1 amide bonds. The van der Waals surface area contributed by atoms with E-state index in [0.717, 1.165) is 11.4 Å². The van der Waals surface area contributed by atoms with E-state index in [1.807, 2.05) is 50.2 Å². The van der Waals surface area contributed by atoms with Gasteiger partial charge in [0.2, 0.25) is 5.91 Å². The Labute approximate surface area is 126 Å². The quantitative estimate of drug-likeness (QED) is 0.875. The number of para-hydroxylation sites is 2. The van der Waals surface area contributed by atoms with Crippen LogP contribution in [0.4, 0.5) is 11.4 Å². The highest BCUT2D eigenvalue weighted by atomic mass is 16.1. The van der Waals surface area contributed by atoms with E-state index >= 15 is 0 Å². The molecule has 0 spiro atoms. The predicted molar refractivity (Wildman–Crippen MR) is 87.8 cm³/mol. The summed E-state index contributed by atoms with van der Waals surface area (Å²) in [6.07, 6.45) is 0.474. The molecule has 0 unspecified atom stereocenters. The number of benzene rings is 2. The van der Waals surface area contributed by atoms with E-state index in [9.17, 15) is 4.79 Å². The monoisotopic (exact) mass is 282 g/mol. The van der Waals surface area contributed by atoms with Crippen molar-refractivity contribution in [3.63, 3.8) is 0 Å². The summed E-state index contributed by atoms with van der Waals surface area (Å²) in [5.74, 6) is 0.0851. The highest BCUT2D eigenvalue weighted by molar-refractivity contribution is 5.77. The zero-order valence-electron chi connectivity index (χ0n) is 12.6. The SMILES string of the molecule is CC(C)NC(=O)CCN(c1ccccc1)c1ccccc1. The molecule has 3 heteroatoms. The van der Waals surface area contributed by atoms with Gasteiger partial charge in [0.05, 0.1) is 0 Å². The first-order valence-corrected chi connectivity index (χ1v) is 7.34. The molecule has 3 nitrogen and oxygen atoms in total. The molecule has 0 saturated carbocycles. The van der Waals surface area contributed by atoms with Crippen LogP contribution in [0.1, 0.15) is 20.3 Å². The van der Waals surface area contributed by atoms with Gasteiger partial charge < -0.3 is 10.2 Å². The highest BCUT2D eigenvalue weighted by Gasteiger charge is 2.11. The lowest BCUT2D eigenvalue weighted by atomic mass is 10.2. The van der Waals surface area contributed by atoms with Gasteiger partial charge >= 0.3 is 0 Å². The van der Waals surface area contributed by atoms with Gasteiger partial charge in [0.1, 0.15) is 0 Å². The van der Waals surface area contributed by atoms with Crippen molar-refractivity contribution in [1.82, 2.24) is 5.32 Å². The molecular weight excluding hydrogens is 260 g/mol. The summed E-state index contributed by atoms with van der Waals surface area (Å²) in [4.78, 5) is 14.0. The Morgan fingerprint density at radius 3 is 1.86 bits per heavy atom. The molecule has 0 aliphatic heterocycles. The van der Waals surface area contributed by atoms with Crippen molar-refractivity contribution in [2.75, 3.05) is 11.4 Å². The first kappa shape index (κ1) is 15.1. The van der Waals surface area contributed by atoms with E-state index in [0.29, 0.717) is 13.0 Å². The Morgan fingerprint density at radius 1 is 0.952 bits per heavy atom. The maximum absolute atomic E-state index is 11.9. The van der Waals surface area contributed by atoms with Crippen molar-refractivity contribution in [1.29, 1.82) is 0 Å². The number of hydrogen-bond acceptors (Lipinski definition) is 2. The van der Waals surface area contributed by atoms with Gasteiger partial charge in [-0.15, -0.1) is 0 Å². The molecule has 110 valence electrons. The maximum Gasteiger partial charge on any atom is 0.221 e. The summed E-state index contributed by atoms with van der Waals surface area (Å²) in [5, 5.41) is 2.94. The molecule has 0 saturated heterocycles. The van der Waals surface area contributed by atoms with E-state index < -0.39 is 0 Å². The van der Waals surface area contributed by atoms with Crippen molar-refractivity contribution < 1.29 is 4.79 Å². The summed E-state index contributed by atoms with van der Waals surface area (Å²) in [5.41, 5.74) is 2.20. The second-order valence-electron chi connectivity index (χ2n) is 5.29. The van der Waals surface area contributed by atoms with Gasteiger partial charge in [-0.1, -0.05) is 36.4 Å². The summed E-state index contributed by atoms with van der Waals surface area (Å²) >= 11 is 0. The number of nitrogens with zero attached hydrogens (tertiary/aromatic N) is 1. The molecule has 0 aliphatic carbocycles. The van der Waals surface area contributed by atoms with E-state index in [1.165, 1.54) is 0 Å². The van der Waals surface area contributed by atoms with Gasteiger partial charge in [0, 0.05) is 30.4 Å². The third-order valence-electron chi connectivity index (χ3n) is 3.15. The van der Waals surface area contributed by atoms with Crippen molar-refractivity contribution in [2.45, 2.75) is 26.3 Å². The fraction of sp³-hybridized carbons (Fsp3) is 0.278. The summed E-state index contributed by atoms with van der Waals surface area (Å²) in [6.45, 7) is 4.61. The Balaban J connectivity index is 2.12. The number of nitrogens with one attached hydrogen (secondary N) is 1. The van der Waals surface area contributed by atoms with Crippen molar-refractivity contribution in [3.05, 3.63) is 60.7 Å². The van der Waals surface area contributed by atoms with Gasteiger partial charge in [-0.05, 0) is 38.1 Å². The van der Waals surface area contributed by atoms with Crippen LogP contribution in [0.25, 0.3) is 0 Å². The maximum atomic E-state index is 11.9. The number of hydrogen-bond donors (Lipinski definition) is 1. The van der Waals surface area contributed by atoms with Crippen molar-refractivity contribution >= 4 is 17.3 Å². The largest absolute Gasteiger partial charge is 0.354 e. The van der Waals surface area contributed by atoms with E-state index in [4.69, 9.17) is 0 Å². The zero-order chi connectivity index (χ0) is 15.1. The molecule has 0 heterocycles. The average molecular weight is 282 g/mol. The first-order chi connectivity index (χ1) is 10.2. The lowest BCUT2D eigenvalue weighted by Gasteiger charge is -2.25. The number of carbonyl (C=O) groups excluding carboxylic acids is 1. The Morgan fingerprint density at radius 2 is 1.43 bits per heavy atom. The molecular formula is C18H22N2O. The van der Waals surface area contributed by atoms with E-state index in [2.05, 4.69) is 34.5 Å². The third kappa shape index (κ3) is 4.63. The topological polar surface area (TPSA) is 32.3 Å². The van der Waals surface area contributed by atoms with Crippen LogP contribution in [0.2, 0.25) is 0 Å². The molecule has 0 aromatic heterocycles.